The second kappa shape index (κ2) is 9.67. The summed E-state index contributed by atoms with van der Waals surface area (Å²) in [5.41, 5.74) is 5.99. The minimum absolute atomic E-state index is 0.126. The lowest BCUT2D eigenvalue weighted by atomic mass is 9.81. The summed E-state index contributed by atoms with van der Waals surface area (Å²) >= 11 is 0. The predicted octanol–water partition coefficient (Wildman–Crippen LogP) is 5.63. The third kappa shape index (κ3) is 5.28. The molecule has 1 aromatic carbocycles. The topological polar surface area (TPSA) is 98.3 Å². The molecule has 0 fully saturated rings. The summed E-state index contributed by atoms with van der Waals surface area (Å²) < 4.78 is 0. The van der Waals surface area contributed by atoms with E-state index >= 15 is 0 Å². The lowest BCUT2D eigenvalue weighted by Gasteiger charge is -2.21. The van der Waals surface area contributed by atoms with Gasteiger partial charge < -0.3 is 10.1 Å². The molecular formula is C28H33N3O3. The Bertz CT molecular complexity index is 1370. The van der Waals surface area contributed by atoms with Crippen molar-refractivity contribution >= 4 is 23.0 Å². The van der Waals surface area contributed by atoms with Crippen LogP contribution in [0.15, 0.2) is 62.7 Å². The monoisotopic (exact) mass is 459 g/mol. The van der Waals surface area contributed by atoms with Crippen LogP contribution in [0.1, 0.15) is 63.9 Å². The first-order chi connectivity index (χ1) is 15.9. The maximum Gasteiger partial charge on any atom is 0.316 e. The van der Waals surface area contributed by atoms with Crippen molar-refractivity contribution < 1.29 is 5.11 Å². The highest BCUT2D eigenvalue weighted by Crippen LogP contribution is 2.45. The van der Waals surface area contributed by atoms with Gasteiger partial charge in [0.05, 0.1) is 11.4 Å². The van der Waals surface area contributed by atoms with E-state index in [-0.39, 0.29) is 5.69 Å². The number of benzene rings is 1. The fourth-order valence-corrected chi connectivity index (χ4v) is 3.76. The number of fused-ring (bicyclic) bond motifs is 1. The third-order valence-corrected chi connectivity index (χ3v) is 5.84. The summed E-state index contributed by atoms with van der Waals surface area (Å²) in [6.45, 7) is 16.3. The van der Waals surface area contributed by atoms with E-state index < -0.39 is 22.4 Å². The molecule has 6 nitrogen and oxygen atoms in total. The quantitative estimate of drug-likeness (QED) is 0.370. The van der Waals surface area contributed by atoms with Gasteiger partial charge in [0.15, 0.2) is 0 Å². The Morgan fingerprint density at radius 1 is 1.03 bits per heavy atom. The van der Waals surface area contributed by atoms with Crippen molar-refractivity contribution in [3.63, 3.8) is 0 Å². The summed E-state index contributed by atoms with van der Waals surface area (Å²) in [6.07, 6.45) is 9.41. The second-order valence-corrected chi connectivity index (χ2v) is 9.74. The van der Waals surface area contributed by atoms with Gasteiger partial charge in [0, 0.05) is 16.6 Å². The van der Waals surface area contributed by atoms with E-state index in [1.165, 1.54) is 11.1 Å². The van der Waals surface area contributed by atoms with Gasteiger partial charge in [0.1, 0.15) is 5.69 Å². The average molecular weight is 460 g/mol. The van der Waals surface area contributed by atoms with Crippen molar-refractivity contribution in [2.75, 3.05) is 0 Å². The summed E-state index contributed by atoms with van der Waals surface area (Å²) in [4.78, 5) is 33.3. The van der Waals surface area contributed by atoms with Crippen molar-refractivity contribution in [1.82, 2.24) is 9.97 Å². The molecule has 3 rings (SSSR count). The number of aromatic nitrogens is 2. The zero-order valence-electron chi connectivity index (χ0n) is 20.8. The summed E-state index contributed by atoms with van der Waals surface area (Å²) in [5.74, 6) is -0.397. The van der Waals surface area contributed by atoms with Crippen molar-refractivity contribution in [3.05, 3.63) is 91.2 Å². The van der Waals surface area contributed by atoms with Gasteiger partial charge in [0.2, 0.25) is 5.88 Å². The Labute approximate surface area is 200 Å². The molecule has 178 valence electrons. The number of hydrogen-bond donors (Lipinski definition) is 3. The van der Waals surface area contributed by atoms with Crippen molar-refractivity contribution in [2.45, 2.75) is 54.4 Å². The lowest BCUT2D eigenvalue weighted by molar-refractivity contribution is 0.446. The molecule has 0 unspecified atom stereocenters. The molecule has 0 bridgehead atoms. The Morgan fingerprint density at radius 2 is 1.65 bits per heavy atom. The number of H-pyrrole nitrogens is 2. The van der Waals surface area contributed by atoms with Crippen LogP contribution < -0.4 is 11.1 Å². The average Bonchev–Trinajstić information content (AvgIpc) is 3.13. The Morgan fingerprint density at radius 3 is 2.26 bits per heavy atom. The molecule has 0 saturated heterocycles. The fraction of sp³-hybridized carbons (Fsp3) is 0.321. The van der Waals surface area contributed by atoms with Gasteiger partial charge in [-0.05, 0) is 63.8 Å². The molecule has 0 aliphatic carbocycles. The van der Waals surface area contributed by atoms with Crippen LogP contribution in [0.2, 0.25) is 0 Å². The predicted molar refractivity (Wildman–Crippen MR) is 141 cm³/mol. The van der Waals surface area contributed by atoms with E-state index in [4.69, 9.17) is 4.99 Å². The first kappa shape index (κ1) is 25.0. The molecule has 34 heavy (non-hydrogen) atoms. The van der Waals surface area contributed by atoms with Crippen molar-refractivity contribution in [1.29, 1.82) is 0 Å². The van der Waals surface area contributed by atoms with Gasteiger partial charge in [0.25, 0.3) is 0 Å². The minimum atomic E-state index is -0.903. The number of rotatable bonds is 7. The third-order valence-electron chi connectivity index (χ3n) is 5.84. The standard InChI is InChI=1S/C28H33N3O3/c1-8-28(6,7)24-21(15-22-25(32)31-27(34)26(33)29-22)20-14-18(11-9-16(2)3)13-19(23(20)30-24)12-10-17(4)5/h8-10,13-15H,1,11-12H2,2-7H3,(H,29,33)(H2,31,32,34)/b21-15-. The van der Waals surface area contributed by atoms with Gasteiger partial charge in [-0.3, -0.25) is 19.6 Å². The molecule has 1 aromatic heterocycles. The van der Waals surface area contributed by atoms with E-state index in [2.05, 4.69) is 68.5 Å². The van der Waals surface area contributed by atoms with Crippen LogP contribution in [0.3, 0.4) is 0 Å². The Kier molecular flexibility index (Phi) is 7.10. The zero-order chi connectivity index (χ0) is 25.2. The molecule has 1 aliphatic rings. The van der Waals surface area contributed by atoms with E-state index in [9.17, 15) is 14.7 Å². The SMILES string of the molecule is C=CC(C)(C)C1=Nc2c(CC=C(C)C)cc(CC=C(C)C)cc2/C1=C/c1[nH]c(=O)c(=O)[nH]c1O. The van der Waals surface area contributed by atoms with Crippen LogP contribution in [0, 0.1) is 5.41 Å². The summed E-state index contributed by atoms with van der Waals surface area (Å²) in [5, 5.41) is 10.3. The van der Waals surface area contributed by atoms with Gasteiger partial charge in [-0.15, -0.1) is 6.58 Å². The molecule has 0 amide bonds. The van der Waals surface area contributed by atoms with Crippen molar-refractivity contribution in [3.8, 4) is 5.88 Å². The number of nitrogens with one attached hydrogen (secondary N) is 2. The van der Waals surface area contributed by atoms with E-state index in [0.29, 0.717) is 0 Å². The number of aliphatic imine (C=N–C) groups is 1. The summed E-state index contributed by atoms with van der Waals surface area (Å²) in [6, 6.07) is 4.31. The molecular weight excluding hydrogens is 426 g/mol. The van der Waals surface area contributed by atoms with Gasteiger partial charge >= 0.3 is 11.1 Å². The first-order valence-corrected chi connectivity index (χ1v) is 11.4. The first-order valence-electron chi connectivity index (χ1n) is 11.4. The van der Waals surface area contributed by atoms with E-state index in [1.54, 1.807) is 6.08 Å². The van der Waals surface area contributed by atoms with Crippen LogP contribution in [-0.4, -0.2) is 20.8 Å². The molecule has 0 spiro atoms. The van der Waals surface area contributed by atoms with Crippen LogP contribution in [0.5, 0.6) is 5.88 Å². The molecule has 0 radical (unpaired) electrons. The van der Waals surface area contributed by atoms with E-state index in [1.807, 2.05) is 19.9 Å². The lowest BCUT2D eigenvalue weighted by Crippen LogP contribution is -2.29. The van der Waals surface area contributed by atoms with Crippen LogP contribution in [0.4, 0.5) is 5.69 Å². The molecule has 1 aliphatic heterocycles. The number of hydrogen-bond acceptors (Lipinski definition) is 4. The Balaban J connectivity index is 2.33. The molecule has 6 heteroatoms. The highest BCUT2D eigenvalue weighted by molar-refractivity contribution is 6.35. The van der Waals surface area contributed by atoms with Crippen LogP contribution in [-0.2, 0) is 12.8 Å². The number of aromatic hydroxyl groups is 1. The molecule has 2 heterocycles. The molecule has 3 N–H and O–H groups in total. The molecule has 2 aromatic rings. The van der Waals surface area contributed by atoms with Crippen LogP contribution in [0.25, 0.3) is 11.6 Å². The Hall–Kier alpha value is -3.67. The number of allylic oxidation sites excluding steroid dienone is 6. The maximum atomic E-state index is 12.0. The fourth-order valence-electron chi connectivity index (χ4n) is 3.76. The van der Waals surface area contributed by atoms with Gasteiger partial charge in [-0.25, -0.2) is 0 Å². The molecule has 0 atom stereocenters. The maximum absolute atomic E-state index is 12.0. The largest absolute Gasteiger partial charge is 0.493 e. The smallest absolute Gasteiger partial charge is 0.316 e. The zero-order valence-corrected chi connectivity index (χ0v) is 20.8. The van der Waals surface area contributed by atoms with E-state index in [0.717, 1.165) is 46.5 Å². The van der Waals surface area contributed by atoms with Crippen LogP contribution >= 0.6 is 0 Å². The van der Waals surface area contributed by atoms with Gasteiger partial charge in [-0.1, -0.05) is 49.3 Å². The number of aromatic amines is 2. The minimum Gasteiger partial charge on any atom is -0.493 e. The van der Waals surface area contributed by atoms with Crippen molar-refractivity contribution in [2.24, 2.45) is 10.4 Å². The normalized spacial score (nSPS) is 13.9. The highest BCUT2D eigenvalue weighted by atomic mass is 16.3. The number of nitrogens with zero attached hydrogens (tertiary/aromatic N) is 1. The highest BCUT2D eigenvalue weighted by Gasteiger charge is 2.33. The second-order valence-electron chi connectivity index (χ2n) is 9.74. The summed E-state index contributed by atoms with van der Waals surface area (Å²) in [7, 11) is 0. The molecule has 0 saturated carbocycles. The van der Waals surface area contributed by atoms with Gasteiger partial charge in [-0.2, -0.15) is 0 Å².